The topological polar surface area (TPSA) is 90.2 Å². The number of ether oxygens (including phenoxy) is 3. The van der Waals surface area contributed by atoms with Crippen LogP contribution in [0, 0.1) is 0 Å². The van der Waals surface area contributed by atoms with Crippen LogP contribution in [0.15, 0.2) is 10.7 Å². The predicted octanol–water partition coefficient (Wildman–Crippen LogP) is 4.77. The molecule has 2 heterocycles. The van der Waals surface area contributed by atoms with Crippen LogP contribution in [0.25, 0.3) is 5.57 Å². The van der Waals surface area contributed by atoms with Gasteiger partial charge in [0.1, 0.15) is 19.2 Å². The lowest BCUT2D eigenvalue weighted by atomic mass is 10.0. The van der Waals surface area contributed by atoms with Crippen molar-refractivity contribution in [3.05, 3.63) is 27.5 Å². The van der Waals surface area contributed by atoms with Gasteiger partial charge in [0.2, 0.25) is 0 Å². The summed E-state index contributed by atoms with van der Waals surface area (Å²) in [5.74, 6) is -0.806. The van der Waals surface area contributed by atoms with E-state index in [1.807, 2.05) is 0 Å². The molecule has 0 radical (unpaired) electrons. The minimum absolute atomic E-state index is 0.114. The Labute approximate surface area is 219 Å². The van der Waals surface area contributed by atoms with Crippen LogP contribution in [0.2, 0.25) is 51.4 Å². The number of fused-ring (bicyclic) bond motifs is 1. The van der Waals surface area contributed by atoms with Gasteiger partial charge in [0.15, 0.2) is 0 Å². The lowest BCUT2D eigenvalue weighted by molar-refractivity contribution is -0.136. The first-order chi connectivity index (χ1) is 16.3. The van der Waals surface area contributed by atoms with Gasteiger partial charge in [0.05, 0.1) is 23.4 Å². The molecule has 2 rings (SSSR count). The van der Waals surface area contributed by atoms with Crippen LogP contribution in [0.1, 0.15) is 28.5 Å². The summed E-state index contributed by atoms with van der Waals surface area (Å²) in [6, 6.07) is 1.98. The van der Waals surface area contributed by atoms with Crippen LogP contribution in [0.4, 0.5) is 0 Å². The Morgan fingerprint density at radius 1 is 1.06 bits per heavy atom. The summed E-state index contributed by atoms with van der Waals surface area (Å²) in [5.41, 5.74) is 1.41. The molecule has 198 valence electrons. The molecule has 1 aromatic rings. The number of carbonyl (C=O) groups excluding carboxylic acids is 2. The number of rotatable bonds is 13. The average molecular weight is 590 g/mol. The van der Waals surface area contributed by atoms with Crippen LogP contribution >= 0.6 is 15.9 Å². The fourth-order valence-electron chi connectivity index (χ4n) is 3.55. The molecule has 1 aliphatic rings. The van der Waals surface area contributed by atoms with Gasteiger partial charge in [0, 0.05) is 47.0 Å². The van der Waals surface area contributed by atoms with Gasteiger partial charge in [-0.15, -0.1) is 0 Å². The van der Waals surface area contributed by atoms with E-state index in [0.29, 0.717) is 34.6 Å². The molecule has 0 spiro atoms. The number of aliphatic hydroxyl groups excluding tert-OH is 1. The fraction of sp³-hybridized carbons (Fsp3) is 0.667. The van der Waals surface area contributed by atoms with E-state index in [9.17, 15) is 14.7 Å². The van der Waals surface area contributed by atoms with Crippen LogP contribution in [-0.4, -0.2) is 75.7 Å². The zero-order chi connectivity index (χ0) is 26.4. The van der Waals surface area contributed by atoms with Crippen LogP contribution < -0.4 is 0 Å². The number of esters is 1. The van der Waals surface area contributed by atoms with Gasteiger partial charge in [-0.1, -0.05) is 39.3 Å². The van der Waals surface area contributed by atoms with Gasteiger partial charge in [0.25, 0.3) is 5.91 Å². The van der Waals surface area contributed by atoms with E-state index in [1.165, 1.54) is 0 Å². The van der Waals surface area contributed by atoms with Crippen molar-refractivity contribution in [3.8, 4) is 0 Å². The van der Waals surface area contributed by atoms with E-state index < -0.39 is 22.1 Å². The maximum Gasteiger partial charge on any atom is 0.338 e. The summed E-state index contributed by atoms with van der Waals surface area (Å²) in [6.45, 7) is 16.8. The Balaban J connectivity index is 2.42. The molecule has 1 aliphatic heterocycles. The molecule has 0 saturated heterocycles. The predicted molar refractivity (Wildman–Crippen MR) is 147 cm³/mol. The molecule has 1 amide bonds. The molecule has 11 heteroatoms. The molecule has 1 aromatic heterocycles. The lowest BCUT2D eigenvalue weighted by Crippen LogP contribution is -2.35. The van der Waals surface area contributed by atoms with Crippen LogP contribution in [-0.2, 0) is 32.3 Å². The molecule has 0 bridgehead atoms. The summed E-state index contributed by atoms with van der Waals surface area (Å²) in [4.78, 5) is 28.2. The summed E-state index contributed by atoms with van der Waals surface area (Å²) in [7, 11) is -2.55. The molecule has 35 heavy (non-hydrogen) atoms. The highest BCUT2D eigenvalue weighted by Gasteiger charge is 2.35. The first-order valence-corrected chi connectivity index (χ1v) is 20.4. The molecular formula is C24H41BrN2O6Si2. The summed E-state index contributed by atoms with van der Waals surface area (Å²) < 4.78 is 19.3. The summed E-state index contributed by atoms with van der Waals surface area (Å²) in [6.07, 6.45) is 1.69. The third-order valence-corrected chi connectivity index (χ3v) is 10.00. The fourth-order valence-corrected chi connectivity index (χ4v) is 5.67. The molecule has 0 aliphatic carbocycles. The quantitative estimate of drug-likeness (QED) is 0.203. The third-order valence-electron chi connectivity index (χ3n) is 5.68. The van der Waals surface area contributed by atoms with E-state index in [-0.39, 0.29) is 44.7 Å². The number of hydrogen-bond acceptors (Lipinski definition) is 6. The van der Waals surface area contributed by atoms with Gasteiger partial charge >= 0.3 is 5.97 Å². The van der Waals surface area contributed by atoms with Crippen molar-refractivity contribution in [3.63, 3.8) is 0 Å². The third kappa shape index (κ3) is 8.39. The Hall–Kier alpha value is -1.25. The normalized spacial score (nSPS) is 14.6. The highest BCUT2D eigenvalue weighted by Crippen LogP contribution is 2.36. The standard InChI is InChI=1S/C24H41BrN2O6Si2/c1-8-33-24(30)18-9-10-26(16-31-11-13-34(2,3)4)23(29)21-20(18)19(15-28)22(25)27(21)17-32-12-14-35(5,6)7/h9,28H,8,10-17H2,1-7H3. The maximum absolute atomic E-state index is 13.7. The number of hydrogen-bond donors (Lipinski definition) is 1. The molecule has 1 N–H and O–H groups in total. The van der Waals surface area contributed by atoms with Crippen molar-refractivity contribution in [2.45, 2.75) is 71.6 Å². The second-order valence-electron chi connectivity index (χ2n) is 11.1. The van der Waals surface area contributed by atoms with E-state index in [1.54, 1.807) is 22.5 Å². The van der Waals surface area contributed by atoms with Crippen molar-refractivity contribution >= 4 is 49.5 Å². The van der Waals surface area contributed by atoms with Crippen molar-refractivity contribution in [1.82, 2.24) is 9.47 Å². The van der Waals surface area contributed by atoms with Crippen LogP contribution in [0.3, 0.4) is 0 Å². The highest BCUT2D eigenvalue weighted by atomic mass is 79.9. The zero-order valence-electron chi connectivity index (χ0n) is 22.2. The van der Waals surface area contributed by atoms with Crippen molar-refractivity contribution in [1.29, 1.82) is 0 Å². The largest absolute Gasteiger partial charge is 0.462 e. The second kappa shape index (κ2) is 12.8. The van der Waals surface area contributed by atoms with E-state index in [4.69, 9.17) is 14.2 Å². The Morgan fingerprint density at radius 2 is 1.63 bits per heavy atom. The molecule has 0 unspecified atom stereocenters. The molecule has 0 atom stereocenters. The summed E-state index contributed by atoms with van der Waals surface area (Å²) in [5, 5.41) is 10.2. The highest BCUT2D eigenvalue weighted by molar-refractivity contribution is 9.10. The maximum atomic E-state index is 13.7. The van der Waals surface area contributed by atoms with E-state index in [2.05, 4.69) is 55.2 Å². The second-order valence-corrected chi connectivity index (χ2v) is 23.1. The van der Waals surface area contributed by atoms with Gasteiger partial charge in [-0.05, 0) is 41.0 Å². The Bertz CT molecular complexity index is 934. The molecule has 0 fully saturated rings. The average Bonchev–Trinajstić information content (AvgIpc) is 2.93. The lowest BCUT2D eigenvalue weighted by Gasteiger charge is -2.23. The smallest absolute Gasteiger partial charge is 0.338 e. The molecule has 0 aromatic carbocycles. The number of carbonyl (C=O) groups is 2. The first-order valence-electron chi connectivity index (χ1n) is 12.1. The van der Waals surface area contributed by atoms with Gasteiger partial charge in [-0.3, -0.25) is 4.79 Å². The molecular weight excluding hydrogens is 548 g/mol. The van der Waals surface area contributed by atoms with Gasteiger partial charge in [-0.25, -0.2) is 4.79 Å². The molecule has 0 saturated carbocycles. The Kier molecular flexibility index (Phi) is 11.0. The SMILES string of the molecule is CCOC(=O)C1=CCN(COCC[Si](C)(C)C)C(=O)c2c1c(CO)c(Br)n2COCC[Si](C)(C)C. The first kappa shape index (κ1) is 30.0. The monoisotopic (exact) mass is 588 g/mol. The number of nitrogens with zero attached hydrogens (tertiary/aromatic N) is 2. The van der Waals surface area contributed by atoms with Crippen molar-refractivity contribution in [2.24, 2.45) is 0 Å². The summed E-state index contributed by atoms with van der Waals surface area (Å²) >= 11 is 3.54. The van der Waals surface area contributed by atoms with E-state index >= 15 is 0 Å². The van der Waals surface area contributed by atoms with Gasteiger partial charge in [-0.2, -0.15) is 0 Å². The van der Waals surface area contributed by atoms with E-state index in [0.717, 1.165) is 12.1 Å². The number of halogens is 1. The number of aliphatic hydroxyl groups is 1. The van der Waals surface area contributed by atoms with Crippen molar-refractivity contribution in [2.75, 3.05) is 33.1 Å². The number of aromatic nitrogens is 1. The zero-order valence-corrected chi connectivity index (χ0v) is 25.8. The minimum atomic E-state index is -1.28. The van der Waals surface area contributed by atoms with Crippen molar-refractivity contribution < 1.29 is 28.9 Å². The number of amides is 1. The minimum Gasteiger partial charge on any atom is -0.462 e. The van der Waals surface area contributed by atoms with Crippen LogP contribution in [0.5, 0.6) is 0 Å². The molecule has 8 nitrogen and oxygen atoms in total. The van der Waals surface area contributed by atoms with Gasteiger partial charge < -0.3 is 28.8 Å². The Morgan fingerprint density at radius 3 is 2.14 bits per heavy atom.